The van der Waals surface area contributed by atoms with Crippen LogP contribution < -0.4 is 10.9 Å². The van der Waals surface area contributed by atoms with Gasteiger partial charge in [0.1, 0.15) is 5.82 Å². The second kappa shape index (κ2) is 7.71. The normalized spacial score (nSPS) is 11.6. The molecule has 0 fully saturated rings. The number of nitrogens with one attached hydrogen (secondary N) is 2. The Morgan fingerprint density at radius 3 is 2.48 bits per heavy atom. The number of halogens is 2. The lowest BCUT2D eigenvalue weighted by atomic mass is 10.1. The first-order chi connectivity index (χ1) is 11.0. The van der Waals surface area contributed by atoms with E-state index in [0.29, 0.717) is 5.56 Å². The quantitative estimate of drug-likeness (QED) is 0.750. The summed E-state index contributed by atoms with van der Waals surface area (Å²) in [6, 6.07) is 12.2. The van der Waals surface area contributed by atoms with Crippen molar-refractivity contribution in [2.24, 2.45) is 0 Å². The van der Waals surface area contributed by atoms with Crippen LogP contribution >= 0.6 is 11.6 Å². The molecule has 3 N–H and O–H groups in total. The lowest BCUT2D eigenvalue weighted by Gasteiger charge is -2.12. The van der Waals surface area contributed by atoms with Crippen LogP contribution in [0.5, 0.6) is 0 Å². The third-order valence-corrected chi connectivity index (χ3v) is 3.29. The number of hydrogen-bond acceptors (Lipinski definition) is 3. The summed E-state index contributed by atoms with van der Waals surface area (Å²) in [5.74, 6) is -2.22. The van der Waals surface area contributed by atoms with E-state index < -0.39 is 23.7 Å². The maximum atomic E-state index is 13.6. The maximum Gasteiger partial charge on any atom is 0.272 e. The molecule has 1 unspecified atom stereocenters. The van der Waals surface area contributed by atoms with Gasteiger partial charge >= 0.3 is 0 Å². The Morgan fingerprint density at radius 1 is 1.13 bits per heavy atom. The highest BCUT2D eigenvalue weighted by Gasteiger charge is 2.15. The van der Waals surface area contributed by atoms with Gasteiger partial charge in [0, 0.05) is 5.02 Å². The second-order valence-corrected chi connectivity index (χ2v) is 5.19. The molecular formula is C16H14ClFN2O3. The van der Waals surface area contributed by atoms with Crippen LogP contribution in [0.25, 0.3) is 0 Å². The van der Waals surface area contributed by atoms with Gasteiger partial charge in [0.2, 0.25) is 5.91 Å². The average molecular weight is 337 g/mol. The molecule has 0 saturated carbocycles. The standard InChI is InChI=1S/C16H14ClFN2O3/c17-11-6-7-12(13(18)8-11)16(23)20-19-15(22)9-14(21)10-4-2-1-3-5-10/h1-8,14,21H,9H2,(H,19,22)(H,20,23). The lowest BCUT2D eigenvalue weighted by molar-refractivity contribution is -0.123. The van der Waals surface area contributed by atoms with E-state index in [1.54, 1.807) is 30.3 Å². The highest BCUT2D eigenvalue weighted by Crippen LogP contribution is 2.16. The number of carbonyl (C=O) groups excluding carboxylic acids is 2. The van der Waals surface area contributed by atoms with E-state index >= 15 is 0 Å². The van der Waals surface area contributed by atoms with Gasteiger partial charge in [-0.1, -0.05) is 41.9 Å². The first kappa shape index (κ1) is 16.9. The van der Waals surface area contributed by atoms with Crippen molar-refractivity contribution in [1.29, 1.82) is 0 Å². The van der Waals surface area contributed by atoms with E-state index in [0.717, 1.165) is 6.07 Å². The third kappa shape index (κ3) is 4.77. The van der Waals surface area contributed by atoms with E-state index in [2.05, 4.69) is 10.9 Å². The Labute approximate surface area is 137 Å². The van der Waals surface area contributed by atoms with Gasteiger partial charge in [-0.05, 0) is 23.8 Å². The van der Waals surface area contributed by atoms with E-state index in [1.165, 1.54) is 12.1 Å². The number of rotatable bonds is 4. The summed E-state index contributed by atoms with van der Waals surface area (Å²) >= 11 is 5.60. The monoisotopic (exact) mass is 336 g/mol. The minimum absolute atomic E-state index is 0.161. The zero-order valence-electron chi connectivity index (χ0n) is 11.9. The van der Waals surface area contributed by atoms with Crippen LogP contribution in [0.1, 0.15) is 28.4 Å². The van der Waals surface area contributed by atoms with Crippen LogP contribution in [0.3, 0.4) is 0 Å². The largest absolute Gasteiger partial charge is 0.388 e. The fourth-order valence-electron chi connectivity index (χ4n) is 1.89. The summed E-state index contributed by atoms with van der Waals surface area (Å²) in [6.45, 7) is 0. The molecule has 0 spiro atoms. The van der Waals surface area contributed by atoms with Crippen LogP contribution in [0, 0.1) is 5.82 Å². The highest BCUT2D eigenvalue weighted by atomic mass is 35.5. The second-order valence-electron chi connectivity index (χ2n) is 4.76. The number of hydrogen-bond donors (Lipinski definition) is 3. The molecule has 2 rings (SSSR count). The summed E-state index contributed by atoms with van der Waals surface area (Å²) in [6.07, 6.45) is -1.24. The summed E-state index contributed by atoms with van der Waals surface area (Å²) in [5, 5.41) is 10.1. The molecule has 0 aliphatic carbocycles. The van der Waals surface area contributed by atoms with E-state index in [-0.39, 0.29) is 17.0 Å². The fraction of sp³-hybridized carbons (Fsp3) is 0.125. The predicted octanol–water partition coefficient (Wildman–Crippen LogP) is 2.36. The molecule has 120 valence electrons. The lowest BCUT2D eigenvalue weighted by Crippen LogP contribution is -2.42. The average Bonchev–Trinajstić information content (AvgIpc) is 2.53. The van der Waals surface area contributed by atoms with Gasteiger partial charge in [0.15, 0.2) is 0 Å². The van der Waals surface area contributed by atoms with E-state index in [1.807, 2.05) is 0 Å². The van der Waals surface area contributed by atoms with Crippen molar-refractivity contribution in [2.45, 2.75) is 12.5 Å². The molecule has 2 amide bonds. The van der Waals surface area contributed by atoms with Crippen molar-refractivity contribution < 1.29 is 19.1 Å². The Hall–Kier alpha value is -2.44. The van der Waals surface area contributed by atoms with E-state index in [4.69, 9.17) is 11.6 Å². The van der Waals surface area contributed by atoms with Crippen LogP contribution in [-0.4, -0.2) is 16.9 Å². The number of aliphatic hydroxyl groups is 1. The highest BCUT2D eigenvalue weighted by molar-refractivity contribution is 6.30. The molecular weight excluding hydrogens is 323 g/mol. The molecule has 0 aliphatic heterocycles. The van der Waals surface area contributed by atoms with Gasteiger partial charge in [-0.25, -0.2) is 4.39 Å². The topological polar surface area (TPSA) is 78.4 Å². The Balaban J connectivity index is 1.88. The van der Waals surface area contributed by atoms with Gasteiger partial charge in [-0.15, -0.1) is 0 Å². The van der Waals surface area contributed by atoms with Gasteiger partial charge in [-0.3, -0.25) is 20.4 Å². The van der Waals surface area contributed by atoms with Crippen molar-refractivity contribution in [2.75, 3.05) is 0 Å². The van der Waals surface area contributed by atoms with Gasteiger partial charge in [0.25, 0.3) is 5.91 Å². The maximum absolute atomic E-state index is 13.6. The number of hydrazine groups is 1. The smallest absolute Gasteiger partial charge is 0.272 e. The van der Waals surface area contributed by atoms with Gasteiger partial charge in [0.05, 0.1) is 18.1 Å². The van der Waals surface area contributed by atoms with Gasteiger partial charge in [-0.2, -0.15) is 0 Å². The minimum atomic E-state index is -1.000. The van der Waals surface area contributed by atoms with Crippen molar-refractivity contribution in [1.82, 2.24) is 10.9 Å². The van der Waals surface area contributed by atoms with Crippen LogP contribution in [0.15, 0.2) is 48.5 Å². The zero-order valence-corrected chi connectivity index (χ0v) is 12.7. The molecule has 2 aromatic carbocycles. The van der Waals surface area contributed by atoms with Gasteiger partial charge < -0.3 is 5.11 Å². The third-order valence-electron chi connectivity index (χ3n) is 3.05. The summed E-state index contributed by atoms with van der Waals surface area (Å²) < 4.78 is 13.6. The SMILES string of the molecule is O=C(CC(O)c1ccccc1)NNC(=O)c1ccc(Cl)cc1F. The summed E-state index contributed by atoms with van der Waals surface area (Å²) in [7, 11) is 0. The molecule has 0 radical (unpaired) electrons. The zero-order chi connectivity index (χ0) is 16.8. The Morgan fingerprint density at radius 2 is 1.83 bits per heavy atom. The molecule has 0 aromatic heterocycles. The molecule has 0 heterocycles. The van der Waals surface area contributed by atoms with Crippen molar-refractivity contribution >= 4 is 23.4 Å². The molecule has 0 aliphatic rings. The first-order valence-electron chi connectivity index (χ1n) is 6.74. The van der Waals surface area contributed by atoms with Crippen LogP contribution in [-0.2, 0) is 4.79 Å². The molecule has 0 bridgehead atoms. The molecule has 2 aromatic rings. The molecule has 5 nitrogen and oxygen atoms in total. The van der Waals surface area contributed by atoms with E-state index in [9.17, 15) is 19.1 Å². The minimum Gasteiger partial charge on any atom is -0.388 e. The Kier molecular flexibility index (Phi) is 5.67. The molecule has 23 heavy (non-hydrogen) atoms. The summed E-state index contributed by atoms with van der Waals surface area (Å²) in [5.41, 5.74) is 4.54. The molecule has 0 saturated heterocycles. The first-order valence-corrected chi connectivity index (χ1v) is 7.12. The number of aliphatic hydroxyl groups excluding tert-OH is 1. The molecule has 7 heteroatoms. The van der Waals surface area contributed by atoms with Crippen molar-refractivity contribution in [3.05, 3.63) is 70.5 Å². The van der Waals surface area contributed by atoms with Crippen molar-refractivity contribution in [3.8, 4) is 0 Å². The Bertz CT molecular complexity index is 710. The number of benzene rings is 2. The number of amides is 2. The molecule has 1 atom stereocenters. The number of carbonyl (C=O) groups is 2. The van der Waals surface area contributed by atoms with Crippen LogP contribution in [0.2, 0.25) is 5.02 Å². The van der Waals surface area contributed by atoms with Crippen molar-refractivity contribution in [3.63, 3.8) is 0 Å². The summed E-state index contributed by atoms with van der Waals surface area (Å²) in [4.78, 5) is 23.5. The fourth-order valence-corrected chi connectivity index (χ4v) is 2.05. The predicted molar refractivity (Wildman–Crippen MR) is 83.0 cm³/mol. The van der Waals surface area contributed by atoms with Crippen LogP contribution in [0.4, 0.5) is 4.39 Å².